The van der Waals surface area contributed by atoms with Gasteiger partial charge >= 0.3 is 0 Å². The Morgan fingerprint density at radius 2 is 1.67 bits per heavy atom. The van der Waals surface area contributed by atoms with Gasteiger partial charge in [-0.25, -0.2) is 0 Å². The monoisotopic (exact) mass is 444 g/mol. The molecule has 1 fully saturated rings. The molecular weight excluding hydrogens is 419 g/mol. The number of piperidine rings is 1. The van der Waals surface area contributed by atoms with Crippen LogP contribution in [0.4, 0.5) is 0 Å². The third-order valence-electron chi connectivity index (χ3n) is 5.35. The Balaban J connectivity index is 1.65. The maximum atomic E-state index is 12.9. The second kappa shape index (κ2) is 10.6. The van der Waals surface area contributed by atoms with E-state index in [0.29, 0.717) is 40.8 Å². The molecule has 1 aliphatic heterocycles. The lowest BCUT2D eigenvalue weighted by Gasteiger charge is -2.38. The van der Waals surface area contributed by atoms with Crippen molar-refractivity contribution in [2.24, 2.45) is 0 Å². The first-order valence-corrected chi connectivity index (χ1v) is 11.0. The van der Waals surface area contributed by atoms with Gasteiger partial charge in [0.15, 0.2) is 0 Å². The fourth-order valence-electron chi connectivity index (χ4n) is 3.78. The molecule has 0 N–H and O–H groups in total. The second-order valence-electron chi connectivity index (χ2n) is 7.39. The van der Waals surface area contributed by atoms with E-state index >= 15 is 0 Å². The molecule has 0 bridgehead atoms. The minimum Gasteiger partial charge on any atom is -0.338 e. The minimum absolute atomic E-state index is 0.0516. The van der Waals surface area contributed by atoms with Crippen LogP contribution in [0.25, 0.3) is 6.08 Å². The fourth-order valence-corrected chi connectivity index (χ4v) is 4.30. The molecule has 2 aromatic rings. The Labute approximate surface area is 188 Å². The smallest absolute Gasteiger partial charge is 0.253 e. The van der Waals surface area contributed by atoms with Gasteiger partial charge in [0, 0.05) is 52.9 Å². The normalized spacial score (nSPS) is 14.8. The summed E-state index contributed by atoms with van der Waals surface area (Å²) in [5.74, 6) is -0.00338. The van der Waals surface area contributed by atoms with E-state index in [-0.39, 0.29) is 17.9 Å². The molecule has 0 atom stereocenters. The Hall–Kier alpha value is -2.30. The van der Waals surface area contributed by atoms with Crippen molar-refractivity contribution < 1.29 is 9.59 Å². The highest BCUT2D eigenvalue weighted by molar-refractivity contribution is 6.37. The highest BCUT2D eigenvalue weighted by Gasteiger charge is 2.28. The average Bonchev–Trinajstić information content (AvgIpc) is 2.77. The zero-order chi connectivity index (χ0) is 21.5. The van der Waals surface area contributed by atoms with E-state index < -0.39 is 0 Å². The highest BCUT2D eigenvalue weighted by atomic mass is 35.5. The van der Waals surface area contributed by atoms with Crippen LogP contribution in [0.15, 0.2) is 54.6 Å². The van der Waals surface area contributed by atoms with E-state index in [1.807, 2.05) is 40.1 Å². The van der Waals surface area contributed by atoms with Gasteiger partial charge in [-0.05, 0) is 49.6 Å². The van der Waals surface area contributed by atoms with Crippen molar-refractivity contribution in [1.29, 1.82) is 0 Å². The van der Waals surface area contributed by atoms with Crippen molar-refractivity contribution in [3.05, 3.63) is 75.8 Å². The molecule has 0 spiro atoms. The Kier molecular flexibility index (Phi) is 7.94. The van der Waals surface area contributed by atoms with Crippen LogP contribution in [-0.4, -0.2) is 47.3 Å². The van der Waals surface area contributed by atoms with Gasteiger partial charge in [-0.3, -0.25) is 9.59 Å². The second-order valence-corrected chi connectivity index (χ2v) is 8.20. The first-order chi connectivity index (χ1) is 14.5. The van der Waals surface area contributed by atoms with Crippen LogP contribution in [-0.2, 0) is 4.79 Å². The van der Waals surface area contributed by atoms with Crippen molar-refractivity contribution in [2.75, 3.05) is 19.6 Å². The molecule has 30 heavy (non-hydrogen) atoms. The topological polar surface area (TPSA) is 40.6 Å². The predicted molar refractivity (Wildman–Crippen MR) is 123 cm³/mol. The van der Waals surface area contributed by atoms with Gasteiger partial charge in [-0.2, -0.15) is 0 Å². The molecule has 0 saturated carbocycles. The SMILES string of the molecule is CCCN(C(=O)/C=C/c1c(Cl)cccc1Cl)C1CCN(C(=O)c2ccccc2)CC1. The van der Waals surface area contributed by atoms with E-state index in [0.717, 1.165) is 19.3 Å². The van der Waals surface area contributed by atoms with Gasteiger partial charge in [-0.1, -0.05) is 54.4 Å². The molecule has 2 aromatic carbocycles. The summed E-state index contributed by atoms with van der Waals surface area (Å²) in [6.45, 7) is 4.03. The summed E-state index contributed by atoms with van der Waals surface area (Å²) in [5, 5.41) is 1.03. The molecule has 3 rings (SSSR count). The van der Waals surface area contributed by atoms with Crippen LogP contribution in [0.1, 0.15) is 42.1 Å². The number of nitrogens with zero attached hydrogens (tertiary/aromatic N) is 2. The summed E-state index contributed by atoms with van der Waals surface area (Å²) in [5.41, 5.74) is 1.35. The van der Waals surface area contributed by atoms with Crippen molar-refractivity contribution in [3.8, 4) is 0 Å². The number of carbonyl (C=O) groups is 2. The molecule has 2 amide bonds. The molecule has 4 nitrogen and oxygen atoms in total. The number of hydrogen-bond acceptors (Lipinski definition) is 2. The van der Waals surface area contributed by atoms with E-state index in [9.17, 15) is 9.59 Å². The van der Waals surface area contributed by atoms with Gasteiger partial charge in [-0.15, -0.1) is 0 Å². The van der Waals surface area contributed by atoms with E-state index in [2.05, 4.69) is 6.92 Å². The van der Waals surface area contributed by atoms with Crippen LogP contribution < -0.4 is 0 Å². The van der Waals surface area contributed by atoms with Crippen LogP contribution >= 0.6 is 23.2 Å². The fraction of sp³-hybridized carbons (Fsp3) is 0.333. The molecular formula is C24H26Cl2N2O2. The number of halogens is 2. The number of carbonyl (C=O) groups excluding carboxylic acids is 2. The van der Waals surface area contributed by atoms with E-state index in [1.165, 1.54) is 0 Å². The quantitative estimate of drug-likeness (QED) is 0.547. The predicted octanol–water partition coefficient (Wildman–Crippen LogP) is 5.55. The lowest BCUT2D eigenvalue weighted by Crippen LogP contribution is -2.48. The first kappa shape index (κ1) is 22.4. The molecule has 0 radical (unpaired) electrons. The summed E-state index contributed by atoms with van der Waals surface area (Å²) in [4.78, 5) is 29.4. The summed E-state index contributed by atoms with van der Waals surface area (Å²) < 4.78 is 0. The molecule has 0 aromatic heterocycles. The number of amides is 2. The van der Waals surface area contributed by atoms with Crippen molar-refractivity contribution in [1.82, 2.24) is 9.80 Å². The largest absolute Gasteiger partial charge is 0.338 e. The van der Waals surface area contributed by atoms with Crippen LogP contribution in [0.5, 0.6) is 0 Å². The third-order valence-corrected chi connectivity index (χ3v) is 6.01. The third kappa shape index (κ3) is 5.44. The maximum Gasteiger partial charge on any atom is 0.253 e. The molecule has 1 aliphatic rings. The number of rotatable bonds is 6. The van der Waals surface area contributed by atoms with Crippen molar-refractivity contribution in [2.45, 2.75) is 32.2 Å². The summed E-state index contributed by atoms with van der Waals surface area (Å²) in [6, 6.07) is 14.7. The maximum absolute atomic E-state index is 12.9. The Morgan fingerprint density at radius 3 is 2.27 bits per heavy atom. The molecule has 0 unspecified atom stereocenters. The van der Waals surface area contributed by atoms with Crippen molar-refractivity contribution in [3.63, 3.8) is 0 Å². The lowest BCUT2D eigenvalue weighted by molar-refractivity contribution is -0.129. The molecule has 6 heteroatoms. The molecule has 0 aliphatic carbocycles. The molecule has 1 saturated heterocycles. The van der Waals surface area contributed by atoms with Crippen LogP contribution in [0, 0.1) is 0 Å². The average molecular weight is 445 g/mol. The highest BCUT2D eigenvalue weighted by Crippen LogP contribution is 2.26. The van der Waals surface area contributed by atoms with Crippen LogP contribution in [0.2, 0.25) is 10.0 Å². The van der Waals surface area contributed by atoms with Gasteiger partial charge in [0.25, 0.3) is 5.91 Å². The zero-order valence-electron chi connectivity index (χ0n) is 17.1. The number of hydrogen-bond donors (Lipinski definition) is 0. The standard InChI is InChI=1S/C24H26Cl2N2O2/c1-2-15-28(23(29)12-11-20-21(25)9-6-10-22(20)26)19-13-16-27(17-14-19)24(30)18-7-4-3-5-8-18/h3-12,19H,2,13-17H2,1H3/b12-11+. The molecule has 1 heterocycles. The van der Waals surface area contributed by atoms with E-state index in [4.69, 9.17) is 23.2 Å². The van der Waals surface area contributed by atoms with Gasteiger partial charge in [0.05, 0.1) is 0 Å². The number of benzene rings is 2. The number of likely N-dealkylation sites (tertiary alicyclic amines) is 1. The van der Waals surface area contributed by atoms with E-state index in [1.54, 1.807) is 30.4 Å². The minimum atomic E-state index is -0.0549. The van der Waals surface area contributed by atoms with Crippen LogP contribution in [0.3, 0.4) is 0 Å². The Bertz CT molecular complexity index is 886. The van der Waals surface area contributed by atoms with Gasteiger partial charge < -0.3 is 9.80 Å². The van der Waals surface area contributed by atoms with Crippen molar-refractivity contribution >= 4 is 41.1 Å². The van der Waals surface area contributed by atoms with Gasteiger partial charge in [0.2, 0.25) is 5.91 Å². The lowest BCUT2D eigenvalue weighted by atomic mass is 10.0. The molecule has 158 valence electrons. The summed E-state index contributed by atoms with van der Waals surface area (Å²) in [6.07, 6.45) is 5.64. The van der Waals surface area contributed by atoms with Gasteiger partial charge in [0.1, 0.15) is 0 Å². The summed E-state index contributed by atoms with van der Waals surface area (Å²) >= 11 is 12.4. The zero-order valence-corrected chi connectivity index (χ0v) is 18.6. The summed E-state index contributed by atoms with van der Waals surface area (Å²) in [7, 11) is 0. The Morgan fingerprint density at radius 1 is 1.03 bits per heavy atom. The first-order valence-electron chi connectivity index (χ1n) is 10.3.